The third-order valence-corrected chi connectivity index (χ3v) is 2.93. The van der Waals surface area contributed by atoms with Gasteiger partial charge in [0.2, 0.25) is 5.91 Å². The average Bonchev–Trinajstić information content (AvgIpc) is 2.43. The molecule has 0 aliphatic rings. The van der Waals surface area contributed by atoms with Gasteiger partial charge in [-0.05, 0) is 24.9 Å². The van der Waals surface area contributed by atoms with Crippen LogP contribution in [0.15, 0.2) is 24.3 Å². The number of benzene rings is 1. The number of ether oxygens (including phenoxy) is 1. The summed E-state index contributed by atoms with van der Waals surface area (Å²) in [6, 6.07) is 6.40. The van der Waals surface area contributed by atoms with Gasteiger partial charge in [0.1, 0.15) is 5.75 Å². The molecule has 1 rings (SSSR count). The number of hydrogen-bond acceptors (Lipinski definition) is 3. The molecule has 0 spiro atoms. The van der Waals surface area contributed by atoms with Gasteiger partial charge >= 0.3 is 6.61 Å². The molecule has 0 fully saturated rings. The second kappa shape index (κ2) is 8.47. The van der Waals surface area contributed by atoms with Crippen LogP contribution in [-0.2, 0) is 11.3 Å². The predicted octanol–water partition coefficient (Wildman–Crippen LogP) is 2.28. The van der Waals surface area contributed by atoms with E-state index >= 15 is 0 Å². The minimum Gasteiger partial charge on any atom is -0.434 e. The SMILES string of the molecule is CC(CN)CCC(=O)NCc1ccccc1OC(F)F. The molecule has 4 nitrogen and oxygen atoms in total. The van der Waals surface area contributed by atoms with Crippen molar-refractivity contribution < 1.29 is 18.3 Å². The Bertz CT molecular complexity index is 427. The van der Waals surface area contributed by atoms with Gasteiger partial charge in [-0.3, -0.25) is 4.79 Å². The molecule has 3 N–H and O–H groups in total. The van der Waals surface area contributed by atoms with Gasteiger partial charge in [0, 0.05) is 18.5 Å². The number of carbonyl (C=O) groups is 1. The summed E-state index contributed by atoms with van der Waals surface area (Å²) in [6.07, 6.45) is 1.08. The predicted molar refractivity (Wildman–Crippen MR) is 72.4 cm³/mol. The summed E-state index contributed by atoms with van der Waals surface area (Å²) in [5.74, 6) is 0.241. The molecule has 6 heteroatoms. The van der Waals surface area contributed by atoms with Crippen molar-refractivity contribution >= 4 is 5.91 Å². The summed E-state index contributed by atoms with van der Waals surface area (Å²) in [5.41, 5.74) is 5.99. The normalized spacial score (nSPS) is 12.2. The highest BCUT2D eigenvalue weighted by molar-refractivity contribution is 5.75. The van der Waals surface area contributed by atoms with Crippen LogP contribution in [0.4, 0.5) is 8.78 Å². The first-order valence-electron chi connectivity index (χ1n) is 6.52. The minimum atomic E-state index is -2.88. The number of nitrogens with one attached hydrogen (secondary N) is 1. The molecule has 112 valence electrons. The van der Waals surface area contributed by atoms with E-state index < -0.39 is 6.61 Å². The van der Waals surface area contributed by atoms with E-state index in [0.717, 1.165) is 0 Å². The first-order valence-corrected chi connectivity index (χ1v) is 6.52. The van der Waals surface area contributed by atoms with Gasteiger partial charge in [0.05, 0.1) is 0 Å². The lowest BCUT2D eigenvalue weighted by Gasteiger charge is -2.12. The smallest absolute Gasteiger partial charge is 0.387 e. The maximum absolute atomic E-state index is 12.2. The molecule has 0 saturated carbocycles. The van der Waals surface area contributed by atoms with Crippen molar-refractivity contribution in [2.24, 2.45) is 11.7 Å². The summed E-state index contributed by atoms with van der Waals surface area (Å²) in [7, 11) is 0. The second-order valence-electron chi connectivity index (χ2n) is 4.64. The lowest BCUT2D eigenvalue weighted by Crippen LogP contribution is -2.24. The van der Waals surface area contributed by atoms with Gasteiger partial charge in [-0.1, -0.05) is 25.1 Å². The van der Waals surface area contributed by atoms with E-state index in [4.69, 9.17) is 5.73 Å². The van der Waals surface area contributed by atoms with Crippen LogP contribution in [0.1, 0.15) is 25.3 Å². The van der Waals surface area contributed by atoms with E-state index in [-0.39, 0.29) is 24.1 Å². The molecule has 0 aliphatic heterocycles. The standard InChI is InChI=1S/C14H20F2N2O2/c1-10(8-17)6-7-13(19)18-9-11-4-2-3-5-12(11)20-14(15)16/h2-5,10,14H,6-9,17H2,1H3,(H,18,19). The number of rotatable bonds is 8. The fourth-order valence-electron chi connectivity index (χ4n) is 1.64. The number of carbonyl (C=O) groups excluding carboxylic acids is 1. The molecule has 1 aromatic rings. The Balaban J connectivity index is 2.46. The maximum atomic E-state index is 12.2. The summed E-state index contributed by atoms with van der Waals surface area (Å²) >= 11 is 0. The van der Waals surface area contributed by atoms with Crippen LogP contribution in [0.3, 0.4) is 0 Å². The van der Waals surface area contributed by atoms with Crippen molar-refractivity contribution in [2.45, 2.75) is 32.9 Å². The van der Waals surface area contributed by atoms with Crippen molar-refractivity contribution in [2.75, 3.05) is 6.54 Å². The Hall–Kier alpha value is -1.69. The molecular weight excluding hydrogens is 266 g/mol. The van der Waals surface area contributed by atoms with E-state index in [1.165, 1.54) is 6.07 Å². The van der Waals surface area contributed by atoms with Gasteiger partial charge < -0.3 is 15.8 Å². The monoisotopic (exact) mass is 286 g/mol. The second-order valence-corrected chi connectivity index (χ2v) is 4.64. The number of alkyl halides is 2. The molecule has 0 bridgehead atoms. The molecule has 0 aromatic heterocycles. The van der Waals surface area contributed by atoms with Crippen LogP contribution >= 0.6 is 0 Å². The Morgan fingerprint density at radius 3 is 2.75 bits per heavy atom. The Morgan fingerprint density at radius 1 is 1.40 bits per heavy atom. The van der Waals surface area contributed by atoms with Crippen LogP contribution in [0.5, 0.6) is 5.75 Å². The summed E-state index contributed by atoms with van der Waals surface area (Å²) in [6.45, 7) is -0.201. The number of hydrogen-bond donors (Lipinski definition) is 2. The fourth-order valence-corrected chi connectivity index (χ4v) is 1.64. The van der Waals surface area contributed by atoms with Gasteiger partial charge in [-0.2, -0.15) is 8.78 Å². The lowest BCUT2D eigenvalue weighted by atomic mass is 10.1. The molecule has 1 atom stereocenters. The highest BCUT2D eigenvalue weighted by Crippen LogP contribution is 2.20. The molecule has 1 unspecified atom stereocenters. The summed E-state index contributed by atoms with van der Waals surface area (Å²) in [5, 5.41) is 2.69. The van der Waals surface area contributed by atoms with Crippen molar-refractivity contribution in [1.82, 2.24) is 5.32 Å². The molecule has 1 amide bonds. The molecule has 0 aliphatic carbocycles. The summed E-state index contributed by atoms with van der Waals surface area (Å²) in [4.78, 5) is 11.6. The zero-order valence-corrected chi connectivity index (χ0v) is 11.4. The Morgan fingerprint density at radius 2 is 2.10 bits per heavy atom. The van der Waals surface area contributed by atoms with Crippen LogP contribution in [-0.4, -0.2) is 19.1 Å². The highest BCUT2D eigenvalue weighted by Gasteiger charge is 2.10. The minimum absolute atomic E-state index is 0.0816. The van der Waals surface area contributed by atoms with E-state index in [0.29, 0.717) is 24.9 Å². The van der Waals surface area contributed by atoms with Crippen LogP contribution < -0.4 is 15.8 Å². The third kappa shape index (κ3) is 5.97. The highest BCUT2D eigenvalue weighted by atomic mass is 19.3. The first-order chi connectivity index (χ1) is 9.52. The largest absolute Gasteiger partial charge is 0.434 e. The van der Waals surface area contributed by atoms with Crippen molar-refractivity contribution in [1.29, 1.82) is 0 Å². The quantitative estimate of drug-likeness (QED) is 0.770. The molecule has 0 radical (unpaired) electrons. The zero-order chi connectivity index (χ0) is 15.0. The van der Waals surface area contributed by atoms with E-state index in [2.05, 4.69) is 10.1 Å². The van der Waals surface area contributed by atoms with Crippen LogP contribution in [0, 0.1) is 5.92 Å². The van der Waals surface area contributed by atoms with Crippen LogP contribution in [0.25, 0.3) is 0 Å². The van der Waals surface area contributed by atoms with E-state index in [1.807, 2.05) is 6.92 Å². The van der Waals surface area contributed by atoms with Gasteiger partial charge in [0.15, 0.2) is 0 Å². The number of amides is 1. The third-order valence-electron chi connectivity index (χ3n) is 2.93. The average molecular weight is 286 g/mol. The molecular formula is C14H20F2N2O2. The molecule has 1 aromatic carbocycles. The lowest BCUT2D eigenvalue weighted by molar-refractivity contribution is -0.121. The summed E-state index contributed by atoms with van der Waals surface area (Å²) < 4.78 is 28.8. The Kier molecular flexibility index (Phi) is 6.93. The van der Waals surface area contributed by atoms with E-state index in [9.17, 15) is 13.6 Å². The van der Waals surface area contributed by atoms with Gasteiger partial charge in [-0.15, -0.1) is 0 Å². The topological polar surface area (TPSA) is 64.4 Å². The molecule has 0 saturated heterocycles. The van der Waals surface area contributed by atoms with Crippen molar-refractivity contribution in [3.63, 3.8) is 0 Å². The van der Waals surface area contributed by atoms with Gasteiger partial charge in [-0.25, -0.2) is 0 Å². The van der Waals surface area contributed by atoms with Crippen LogP contribution in [0.2, 0.25) is 0 Å². The first kappa shape index (κ1) is 16.4. The van der Waals surface area contributed by atoms with Crippen molar-refractivity contribution in [3.05, 3.63) is 29.8 Å². The molecule has 0 heterocycles. The fraction of sp³-hybridized carbons (Fsp3) is 0.500. The van der Waals surface area contributed by atoms with E-state index in [1.54, 1.807) is 18.2 Å². The number of halogens is 2. The zero-order valence-electron chi connectivity index (χ0n) is 11.4. The number of para-hydroxylation sites is 1. The van der Waals surface area contributed by atoms with Crippen molar-refractivity contribution in [3.8, 4) is 5.75 Å². The molecule has 20 heavy (non-hydrogen) atoms. The van der Waals surface area contributed by atoms with Gasteiger partial charge in [0.25, 0.3) is 0 Å². The maximum Gasteiger partial charge on any atom is 0.387 e. The Labute approximate surface area is 117 Å². The number of nitrogens with two attached hydrogens (primary N) is 1.